The molecule has 6 N–H and O–H groups in total. The van der Waals surface area contributed by atoms with Crippen LogP contribution in [0.3, 0.4) is 0 Å². The molecule has 0 heterocycles. The van der Waals surface area contributed by atoms with Crippen molar-refractivity contribution in [1.29, 1.82) is 0 Å². The summed E-state index contributed by atoms with van der Waals surface area (Å²) in [5.74, 6) is 0. The standard InChI is InChI=1S/C13H26O5.2C5H11O3.CH3.3Rf/c1-12(14)5-9-17-7-3-4-8-18-10-6-13(15)11-16-2;2*1-8-4-5(7)2-3-6;;;;/h12-15H,1-11H2;2*5-7H,1-4H2;1H3;;;/q-2;3*-1;;;. The summed E-state index contributed by atoms with van der Waals surface area (Å²) in [6.07, 6.45) is 1.52. The van der Waals surface area contributed by atoms with Crippen molar-refractivity contribution in [2.75, 3.05) is 59.5 Å². The molecule has 0 saturated carbocycles. The molecule has 0 amide bonds. The minimum Gasteiger partial charge on any atom is -0.553 e. The Morgan fingerprint density at radius 3 is 1.13 bits per heavy atom. The summed E-state index contributed by atoms with van der Waals surface area (Å²) in [6.45, 7) is 6.48. The number of rotatable bonds is 21. The summed E-state index contributed by atoms with van der Waals surface area (Å²) in [5, 5.41) is 52.1. The van der Waals surface area contributed by atoms with Crippen molar-refractivity contribution < 1.29 is 54.3 Å². The van der Waals surface area contributed by atoms with Gasteiger partial charge in [-0.2, -0.15) is 0 Å². The van der Waals surface area contributed by atoms with Gasteiger partial charge in [-0.05, 0) is 38.5 Å². The normalized spacial score (nSPS) is 12.8. The van der Waals surface area contributed by atoms with Gasteiger partial charge in [0.2, 0.25) is 0 Å². The largest absolute Gasteiger partial charge is 0.553 e. The Hall–Kier alpha value is -3.44. The molecular formula is C24H51O11Rf3-5. The molecule has 0 rings (SSSR count). The van der Waals surface area contributed by atoms with Crippen LogP contribution in [0.4, 0.5) is 0 Å². The van der Waals surface area contributed by atoms with Gasteiger partial charge < -0.3 is 68.7 Å². The quantitative estimate of drug-likeness (QED) is 0.0700. The van der Waals surface area contributed by atoms with Crippen LogP contribution < -0.4 is 0 Å². The summed E-state index contributed by atoms with van der Waals surface area (Å²) >= 11 is 0. The van der Waals surface area contributed by atoms with E-state index < -0.39 is 24.4 Å². The SMILES string of the molecule is [CH2-]OCC(O)CCO.[CH2-]OCC(O)CCO.[CH2-]OCC(O)CCOCCCCOCCC([CH2-])O.[CH3-].[Rf].[Rf].[Rf]. The Morgan fingerprint density at radius 1 is 0.526 bits per heavy atom. The number of unbranched alkanes of at least 4 members (excludes halogenated alkanes) is 1. The van der Waals surface area contributed by atoms with Gasteiger partial charge in [-0.1, -0.05) is 6.10 Å². The van der Waals surface area contributed by atoms with Crippen LogP contribution in [0.2, 0.25) is 0 Å². The van der Waals surface area contributed by atoms with E-state index in [-0.39, 0.29) is 40.5 Å². The van der Waals surface area contributed by atoms with E-state index in [1.54, 1.807) is 0 Å². The van der Waals surface area contributed by atoms with E-state index in [0.29, 0.717) is 52.1 Å². The van der Waals surface area contributed by atoms with E-state index in [1.807, 2.05) is 0 Å². The third-order valence-electron chi connectivity index (χ3n) is 3.87. The molecule has 4 unspecified atom stereocenters. The molecule has 0 aliphatic heterocycles. The molecule has 38 heavy (non-hydrogen) atoms. The summed E-state index contributed by atoms with van der Waals surface area (Å²) < 4.78 is 23.9. The van der Waals surface area contributed by atoms with E-state index in [1.165, 1.54) is 0 Å². The molecule has 0 spiro atoms. The Balaban J connectivity index is -0.0000000816. The van der Waals surface area contributed by atoms with Crippen LogP contribution >= 0.6 is 0 Å². The van der Waals surface area contributed by atoms with Crippen LogP contribution in [0.5, 0.6) is 0 Å². The van der Waals surface area contributed by atoms with Gasteiger partial charge in [0.25, 0.3) is 0 Å². The summed E-state index contributed by atoms with van der Waals surface area (Å²) in [6, 6.07) is 0. The second kappa shape index (κ2) is 43.6. The number of hydrogen-bond acceptors (Lipinski definition) is 11. The molecule has 0 bridgehead atoms. The first-order chi connectivity index (χ1) is 16.3. The van der Waals surface area contributed by atoms with Crippen LogP contribution in [0.1, 0.15) is 38.5 Å². The Kier molecular flexibility index (Phi) is 58.8. The van der Waals surface area contributed by atoms with Gasteiger partial charge in [0, 0.05) is 59.5 Å². The van der Waals surface area contributed by atoms with Gasteiger partial charge in [0.15, 0.2) is 0 Å². The molecule has 0 aliphatic carbocycles. The van der Waals surface area contributed by atoms with Crippen LogP contribution in [0.15, 0.2) is 0 Å². The molecule has 0 aromatic heterocycles. The Labute approximate surface area is 212 Å². The first-order valence-corrected chi connectivity index (χ1v) is 11.3. The third-order valence-corrected chi connectivity index (χ3v) is 3.87. The van der Waals surface area contributed by atoms with Crippen LogP contribution in [0, 0.1) is 35.7 Å². The molecule has 0 aromatic carbocycles. The summed E-state index contributed by atoms with van der Waals surface area (Å²) in [7, 11) is 9.33. The van der Waals surface area contributed by atoms with Crippen LogP contribution in [0.25, 0.3) is 0 Å². The molecule has 0 saturated heterocycles. The average Bonchev–Trinajstić information content (AvgIpc) is 2.77. The molecular weight excluding hydrogens is 1270 g/mol. The van der Waals surface area contributed by atoms with Crippen molar-refractivity contribution in [3.05, 3.63) is 35.7 Å². The van der Waals surface area contributed by atoms with Crippen LogP contribution in [-0.4, -0.2) is 115 Å². The van der Waals surface area contributed by atoms with E-state index in [0.717, 1.165) is 12.8 Å². The monoisotopic (exact) mass is 1320 g/mol. The molecule has 4 atom stereocenters. The van der Waals surface area contributed by atoms with E-state index in [9.17, 15) is 5.11 Å². The molecule has 0 aliphatic rings. The fraction of sp³-hybridized carbons (Fsp3) is 0.792. The van der Waals surface area contributed by atoms with Gasteiger partial charge in [-0.25, -0.2) is 21.3 Å². The first kappa shape index (κ1) is 51.2. The van der Waals surface area contributed by atoms with Crippen molar-refractivity contribution in [2.45, 2.75) is 62.9 Å². The maximum Gasteiger partial charge on any atom is 0.0765 e. The molecule has 11 nitrogen and oxygen atoms in total. The van der Waals surface area contributed by atoms with Crippen molar-refractivity contribution in [1.82, 2.24) is 0 Å². The fourth-order valence-corrected chi connectivity index (χ4v) is 2.01. The van der Waals surface area contributed by atoms with E-state index >= 15 is 0 Å². The smallest absolute Gasteiger partial charge is 0.0765 e. The summed E-state index contributed by atoms with van der Waals surface area (Å²) in [4.78, 5) is 0. The van der Waals surface area contributed by atoms with Crippen molar-refractivity contribution >= 4 is 0 Å². The van der Waals surface area contributed by atoms with Crippen molar-refractivity contribution in [3.63, 3.8) is 0 Å². The van der Waals surface area contributed by atoms with Gasteiger partial charge in [-0.3, -0.25) is 0 Å². The molecule has 0 fully saturated rings. The minimum atomic E-state index is -0.572. The zero-order chi connectivity index (χ0) is 26.5. The molecule has 0 radical (unpaired) electrons. The van der Waals surface area contributed by atoms with Crippen molar-refractivity contribution in [3.8, 4) is 0 Å². The van der Waals surface area contributed by atoms with Gasteiger partial charge >= 0.3 is 0 Å². The fourth-order valence-electron chi connectivity index (χ4n) is 2.01. The molecule has 14 heteroatoms. The Bertz CT molecular complexity index is 339. The minimum absolute atomic E-state index is 0. The van der Waals surface area contributed by atoms with Crippen molar-refractivity contribution in [2.24, 2.45) is 0 Å². The molecule has 224 valence electrons. The first-order valence-electron chi connectivity index (χ1n) is 11.3. The zero-order valence-corrected chi connectivity index (χ0v) is 42.8. The zero-order valence-electron chi connectivity index (χ0n) is 23.6. The van der Waals surface area contributed by atoms with Crippen LogP contribution in [-0.2, 0) is 23.7 Å². The number of ether oxygens (including phenoxy) is 5. The number of aliphatic hydroxyl groups excluding tert-OH is 6. The van der Waals surface area contributed by atoms with E-state index in [2.05, 4.69) is 42.5 Å². The van der Waals surface area contributed by atoms with Gasteiger partial charge in [0.1, 0.15) is 0 Å². The third kappa shape index (κ3) is 53.8. The summed E-state index contributed by atoms with van der Waals surface area (Å²) in [5.41, 5.74) is 0. The second-order valence-electron chi connectivity index (χ2n) is 7.26. The van der Waals surface area contributed by atoms with E-state index in [4.69, 9.17) is 35.0 Å². The topological polar surface area (TPSA) is 168 Å². The number of aliphatic hydroxyl groups is 6. The second-order valence-corrected chi connectivity index (χ2v) is 7.26. The number of hydrogen-bond donors (Lipinski definition) is 6. The maximum atomic E-state index is 9.30. The maximum absolute atomic E-state index is 9.30. The van der Waals surface area contributed by atoms with Gasteiger partial charge in [0.05, 0.1) is 18.3 Å². The predicted molar refractivity (Wildman–Crippen MR) is 133 cm³/mol. The Morgan fingerprint density at radius 2 is 0.842 bits per heavy atom. The predicted octanol–water partition coefficient (Wildman–Crippen LogP) is 0.470. The average molecular weight is 1320 g/mol. The molecule has 0 aromatic rings. The van der Waals surface area contributed by atoms with Gasteiger partial charge in [-0.15, -0.1) is 0 Å².